The molecule has 0 radical (unpaired) electrons. The minimum Gasteiger partial charge on any atom is -0.461 e. The van der Waals surface area contributed by atoms with Crippen LogP contribution in [0.4, 0.5) is 24.1 Å². The molecule has 0 spiro atoms. The Morgan fingerprint density at radius 3 is 2.70 bits per heavy atom. The lowest BCUT2D eigenvalue weighted by Crippen LogP contribution is -2.48. The van der Waals surface area contributed by atoms with Crippen molar-refractivity contribution in [2.45, 2.75) is 74.8 Å². The van der Waals surface area contributed by atoms with E-state index in [1.807, 2.05) is 0 Å². The van der Waals surface area contributed by atoms with Crippen LogP contribution in [0, 0.1) is 11.6 Å². The molecule has 8 nitrogen and oxygen atoms in total. The monoisotopic (exact) mass is 629 g/mol. The quantitative estimate of drug-likeness (QED) is 0.284. The largest absolute Gasteiger partial charge is 0.461 e. The second kappa shape index (κ2) is 10.0. The number of benzene rings is 2. The highest BCUT2D eigenvalue weighted by atomic mass is 35.5. The average molecular weight is 630 g/mol. The molecule has 0 saturated carbocycles. The molecular formula is C30H31ClF3N7OS. The summed E-state index contributed by atoms with van der Waals surface area (Å²) in [7, 11) is 0. The maximum atomic E-state index is 16.8. The van der Waals surface area contributed by atoms with Crippen molar-refractivity contribution in [3.63, 3.8) is 0 Å². The van der Waals surface area contributed by atoms with Crippen molar-refractivity contribution < 1.29 is 17.9 Å². The van der Waals surface area contributed by atoms with E-state index in [0.717, 1.165) is 56.4 Å². The Labute approximate surface area is 255 Å². The highest BCUT2D eigenvalue weighted by Crippen LogP contribution is 2.46. The summed E-state index contributed by atoms with van der Waals surface area (Å²) in [5, 5.41) is 0.762. The van der Waals surface area contributed by atoms with Crippen LogP contribution in [0.25, 0.3) is 32.2 Å². The summed E-state index contributed by atoms with van der Waals surface area (Å²) < 4.78 is 52.3. The molecule has 5 atom stereocenters. The van der Waals surface area contributed by atoms with Gasteiger partial charge in [0, 0.05) is 47.6 Å². The first kappa shape index (κ1) is 27.6. The number of halogens is 4. The zero-order valence-corrected chi connectivity index (χ0v) is 24.9. The zero-order chi connectivity index (χ0) is 29.6. The van der Waals surface area contributed by atoms with Crippen molar-refractivity contribution in [1.82, 2.24) is 19.9 Å². The average Bonchev–Trinajstić information content (AvgIpc) is 3.69. The minimum absolute atomic E-state index is 0.0367. The van der Waals surface area contributed by atoms with Crippen molar-refractivity contribution in [1.29, 1.82) is 0 Å². The van der Waals surface area contributed by atoms with E-state index >= 15 is 4.39 Å². The lowest BCUT2D eigenvalue weighted by atomic mass is 9.95. The summed E-state index contributed by atoms with van der Waals surface area (Å²) in [4.78, 5) is 18.1. The third kappa shape index (κ3) is 4.35. The van der Waals surface area contributed by atoms with Crippen molar-refractivity contribution in [2.75, 3.05) is 30.3 Å². The van der Waals surface area contributed by atoms with E-state index < -0.39 is 23.3 Å². The molecule has 2 aromatic heterocycles. The van der Waals surface area contributed by atoms with E-state index in [2.05, 4.69) is 19.8 Å². The summed E-state index contributed by atoms with van der Waals surface area (Å²) in [6.07, 6.45) is 4.83. The molecule has 4 N–H and O–H groups in total. The molecule has 43 heavy (non-hydrogen) atoms. The number of rotatable bonds is 5. The normalized spacial score (nSPS) is 28.8. The number of anilines is 2. The number of nitrogens with two attached hydrogens (primary N) is 2. The molecular weight excluding hydrogens is 599 g/mol. The Hall–Kier alpha value is -2.93. The highest BCUT2D eigenvalue weighted by Gasteiger charge is 2.49. The first-order valence-corrected chi connectivity index (χ1v) is 16.0. The SMILES string of the molecule is Nc1nc2c(-c3c(Cl)cc4c(N5[C@@H]6CC[C@H]5CC(N)C6)nc(OC[C@@]56CCCN5C[C@H](F)C6)nc4c3F)ccc(F)c2s1. The van der Waals surface area contributed by atoms with Crippen molar-refractivity contribution in [2.24, 2.45) is 5.73 Å². The van der Waals surface area contributed by atoms with Gasteiger partial charge in [-0.2, -0.15) is 9.97 Å². The third-order valence-electron chi connectivity index (χ3n) is 9.87. The molecule has 8 rings (SSSR count). The van der Waals surface area contributed by atoms with E-state index in [0.29, 0.717) is 29.7 Å². The van der Waals surface area contributed by atoms with Gasteiger partial charge in [0.15, 0.2) is 10.9 Å². The lowest BCUT2D eigenvalue weighted by molar-refractivity contribution is 0.107. The fourth-order valence-corrected chi connectivity index (χ4v) is 9.13. The van der Waals surface area contributed by atoms with Crippen LogP contribution >= 0.6 is 22.9 Å². The van der Waals surface area contributed by atoms with Crippen LogP contribution in [0.15, 0.2) is 18.2 Å². The van der Waals surface area contributed by atoms with Gasteiger partial charge in [-0.3, -0.25) is 4.90 Å². The standard InChI is InChI=1S/C30H31ClF3N7OS/c31-20-10-19-24(23(34)22(20)18-4-5-21(33)26-25(18)37-28(36)43-26)38-29(42-13-30-6-1-7-40(30)12-14(32)11-30)39-27(19)41-16-2-3-17(41)9-15(35)8-16/h4-5,10,14-17H,1-3,6-9,11-13,35H2,(H2,36,37)/t14-,15?,16-,17+,30+/m1/s1. The second-order valence-corrected chi connectivity index (χ2v) is 13.9. The molecule has 4 saturated heterocycles. The Balaban J connectivity index is 1.28. The van der Waals surface area contributed by atoms with Gasteiger partial charge < -0.3 is 21.1 Å². The predicted molar refractivity (Wildman–Crippen MR) is 163 cm³/mol. The molecule has 4 aliphatic rings. The third-order valence-corrected chi connectivity index (χ3v) is 11.1. The highest BCUT2D eigenvalue weighted by molar-refractivity contribution is 7.22. The van der Waals surface area contributed by atoms with Crippen molar-refractivity contribution in [3.05, 3.63) is 34.9 Å². The van der Waals surface area contributed by atoms with Gasteiger partial charge >= 0.3 is 6.01 Å². The molecule has 13 heteroatoms. The minimum atomic E-state index is -0.903. The maximum Gasteiger partial charge on any atom is 0.319 e. The van der Waals surface area contributed by atoms with Gasteiger partial charge in [0.2, 0.25) is 0 Å². The van der Waals surface area contributed by atoms with Gasteiger partial charge in [-0.25, -0.2) is 18.2 Å². The fourth-order valence-electron chi connectivity index (χ4n) is 8.07. The topological polar surface area (TPSA) is 106 Å². The molecule has 0 aliphatic carbocycles. The van der Waals surface area contributed by atoms with Crippen LogP contribution in [-0.4, -0.2) is 69.4 Å². The van der Waals surface area contributed by atoms with Gasteiger partial charge in [0.1, 0.15) is 29.9 Å². The van der Waals surface area contributed by atoms with Gasteiger partial charge in [-0.1, -0.05) is 22.9 Å². The number of fused-ring (bicyclic) bond motifs is 5. The Morgan fingerprint density at radius 1 is 1.12 bits per heavy atom. The molecule has 1 unspecified atom stereocenters. The Bertz CT molecular complexity index is 1760. The van der Waals surface area contributed by atoms with Crippen LogP contribution in [-0.2, 0) is 0 Å². The van der Waals surface area contributed by atoms with E-state index in [1.165, 1.54) is 12.1 Å². The molecule has 2 aromatic carbocycles. The Kier molecular flexibility index (Phi) is 6.45. The molecule has 6 heterocycles. The predicted octanol–water partition coefficient (Wildman–Crippen LogP) is 5.83. The number of thiazole rings is 1. The summed E-state index contributed by atoms with van der Waals surface area (Å²) in [6.45, 7) is 1.44. The van der Waals surface area contributed by atoms with E-state index in [1.54, 1.807) is 6.07 Å². The number of hydrogen-bond acceptors (Lipinski definition) is 9. The molecule has 2 bridgehead atoms. The molecule has 4 aliphatic heterocycles. The van der Waals surface area contributed by atoms with Crippen LogP contribution < -0.4 is 21.1 Å². The number of piperidine rings is 1. The zero-order valence-electron chi connectivity index (χ0n) is 23.3. The first-order valence-electron chi connectivity index (χ1n) is 14.8. The van der Waals surface area contributed by atoms with Gasteiger partial charge in [0.25, 0.3) is 0 Å². The van der Waals surface area contributed by atoms with Crippen molar-refractivity contribution >= 4 is 55.0 Å². The van der Waals surface area contributed by atoms with Crippen LogP contribution in [0.2, 0.25) is 5.02 Å². The lowest BCUT2D eigenvalue weighted by Gasteiger charge is -2.39. The van der Waals surface area contributed by atoms with E-state index in [-0.39, 0.29) is 62.2 Å². The first-order chi connectivity index (χ1) is 20.7. The van der Waals surface area contributed by atoms with Crippen molar-refractivity contribution in [3.8, 4) is 17.1 Å². The molecule has 0 amide bonds. The van der Waals surface area contributed by atoms with Crippen LogP contribution in [0.1, 0.15) is 44.9 Å². The number of ether oxygens (including phenoxy) is 1. The fraction of sp³-hybridized carbons (Fsp3) is 0.500. The summed E-state index contributed by atoms with van der Waals surface area (Å²) in [5.74, 6) is -0.613. The number of nitrogens with zero attached hydrogens (tertiary/aromatic N) is 5. The Morgan fingerprint density at radius 2 is 1.91 bits per heavy atom. The number of nitrogen functional groups attached to an aromatic ring is 1. The van der Waals surface area contributed by atoms with E-state index in [4.69, 9.17) is 32.8 Å². The molecule has 4 aromatic rings. The number of hydrogen-bond donors (Lipinski definition) is 2. The van der Waals surface area contributed by atoms with E-state index in [9.17, 15) is 8.78 Å². The summed E-state index contributed by atoms with van der Waals surface area (Å²) in [6, 6.07) is 4.84. The molecule has 4 fully saturated rings. The molecule has 226 valence electrons. The summed E-state index contributed by atoms with van der Waals surface area (Å²) >= 11 is 7.81. The van der Waals surface area contributed by atoms with Gasteiger partial charge in [-0.15, -0.1) is 0 Å². The van der Waals surface area contributed by atoms with Gasteiger partial charge in [0.05, 0.1) is 20.8 Å². The number of alkyl halides is 1. The van der Waals surface area contributed by atoms with Crippen LogP contribution in [0.5, 0.6) is 6.01 Å². The smallest absolute Gasteiger partial charge is 0.319 e. The maximum absolute atomic E-state index is 16.8. The second-order valence-electron chi connectivity index (χ2n) is 12.5. The number of aromatic nitrogens is 3. The van der Waals surface area contributed by atoms with Gasteiger partial charge in [-0.05, 0) is 63.3 Å². The van der Waals surface area contributed by atoms with Crippen LogP contribution in [0.3, 0.4) is 0 Å². The summed E-state index contributed by atoms with van der Waals surface area (Å²) in [5.41, 5.74) is 12.5.